The summed E-state index contributed by atoms with van der Waals surface area (Å²) < 4.78 is 0. The van der Waals surface area contributed by atoms with Crippen molar-refractivity contribution >= 4 is 0 Å². The summed E-state index contributed by atoms with van der Waals surface area (Å²) in [6.45, 7) is 6.30. The second-order valence-corrected chi connectivity index (χ2v) is 5.44. The van der Waals surface area contributed by atoms with Crippen LogP contribution in [0.3, 0.4) is 0 Å². The molecule has 0 bridgehead atoms. The van der Waals surface area contributed by atoms with Crippen LogP contribution in [0.25, 0.3) is 0 Å². The van der Waals surface area contributed by atoms with Gasteiger partial charge in [0.05, 0.1) is 6.07 Å². The van der Waals surface area contributed by atoms with Crippen molar-refractivity contribution in [3.63, 3.8) is 0 Å². The van der Waals surface area contributed by atoms with E-state index in [0.717, 1.165) is 6.42 Å². The highest BCUT2D eigenvalue weighted by molar-refractivity contribution is 4.88. The van der Waals surface area contributed by atoms with Crippen molar-refractivity contribution in [1.82, 2.24) is 0 Å². The molecule has 0 amide bonds. The first kappa shape index (κ1) is 15.4. The smallest absolute Gasteiger partial charge is 0.0625 e. The maximum Gasteiger partial charge on any atom is 0.0625 e. The lowest BCUT2D eigenvalue weighted by Gasteiger charge is -2.28. The molecule has 0 heterocycles. The molecule has 16 heavy (non-hydrogen) atoms. The Labute approximate surface area is 101 Å². The van der Waals surface area contributed by atoms with Crippen LogP contribution in [0.5, 0.6) is 0 Å². The van der Waals surface area contributed by atoms with E-state index in [1.54, 1.807) is 0 Å². The molecule has 0 aromatic rings. The van der Waals surface area contributed by atoms with E-state index >= 15 is 0 Å². The molecule has 2 nitrogen and oxygen atoms in total. The Bertz CT molecular complexity index is 198. The van der Waals surface area contributed by atoms with E-state index in [0.29, 0.717) is 12.3 Å². The molecule has 0 aromatic carbocycles. The van der Waals surface area contributed by atoms with Gasteiger partial charge in [-0.3, -0.25) is 0 Å². The molecule has 1 unspecified atom stereocenters. The SMILES string of the molecule is CCCCCCCCC(CC#N)C(C)(C)N. The monoisotopic (exact) mass is 224 g/mol. The Morgan fingerprint density at radius 2 is 1.69 bits per heavy atom. The van der Waals surface area contributed by atoms with Crippen molar-refractivity contribution in [2.75, 3.05) is 0 Å². The molecule has 2 N–H and O–H groups in total. The van der Waals surface area contributed by atoms with Crippen LogP contribution in [0.2, 0.25) is 0 Å². The van der Waals surface area contributed by atoms with E-state index in [1.807, 2.05) is 13.8 Å². The average molecular weight is 224 g/mol. The number of nitrogens with zero attached hydrogens (tertiary/aromatic N) is 1. The molecule has 2 heteroatoms. The highest BCUT2D eigenvalue weighted by Crippen LogP contribution is 2.24. The van der Waals surface area contributed by atoms with Crippen molar-refractivity contribution in [1.29, 1.82) is 5.26 Å². The number of hydrogen-bond acceptors (Lipinski definition) is 2. The molecule has 0 saturated heterocycles. The standard InChI is InChI=1S/C14H28N2/c1-4-5-6-7-8-9-10-13(11-12-15)14(2,3)16/h13H,4-11,16H2,1-3H3. The topological polar surface area (TPSA) is 49.8 Å². The van der Waals surface area contributed by atoms with E-state index in [1.165, 1.54) is 38.5 Å². The third-order valence-electron chi connectivity index (χ3n) is 3.30. The average Bonchev–Trinajstić information content (AvgIpc) is 2.20. The summed E-state index contributed by atoms with van der Waals surface area (Å²) in [6.07, 6.45) is 9.54. The summed E-state index contributed by atoms with van der Waals surface area (Å²) in [6, 6.07) is 2.26. The Morgan fingerprint density at radius 3 is 2.19 bits per heavy atom. The minimum atomic E-state index is -0.209. The largest absolute Gasteiger partial charge is 0.325 e. The zero-order valence-corrected chi connectivity index (χ0v) is 11.3. The van der Waals surface area contributed by atoms with Crippen molar-refractivity contribution in [3.8, 4) is 6.07 Å². The summed E-state index contributed by atoms with van der Waals surface area (Å²) in [5.74, 6) is 0.351. The van der Waals surface area contributed by atoms with Gasteiger partial charge >= 0.3 is 0 Å². The molecule has 0 rings (SSSR count). The lowest BCUT2D eigenvalue weighted by Crippen LogP contribution is -2.40. The fraction of sp³-hybridized carbons (Fsp3) is 0.929. The van der Waals surface area contributed by atoms with E-state index < -0.39 is 0 Å². The highest BCUT2D eigenvalue weighted by atomic mass is 14.7. The van der Waals surface area contributed by atoms with Gasteiger partial charge in [-0.25, -0.2) is 0 Å². The van der Waals surface area contributed by atoms with Crippen molar-refractivity contribution in [2.45, 2.75) is 77.7 Å². The van der Waals surface area contributed by atoms with E-state index in [-0.39, 0.29) is 5.54 Å². The number of hydrogen-bond donors (Lipinski definition) is 1. The molecular formula is C14H28N2. The first-order valence-electron chi connectivity index (χ1n) is 6.68. The fourth-order valence-corrected chi connectivity index (χ4v) is 2.02. The van der Waals surface area contributed by atoms with E-state index in [9.17, 15) is 0 Å². The zero-order chi connectivity index (χ0) is 12.4. The Morgan fingerprint density at radius 1 is 1.12 bits per heavy atom. The molecular weight excluding hydrogens is 196 g/mol. The van der Waals surface area contributed by atoms with Gasteiger partial charge in [-0.1, -0.05) is 45.4 Å². The summed E-state index contributed by atoms with van der Waals surface area (Å²) in [5, 5.41) is 8.77. The summed E-state index contributed by atoms with van der Waals surface area (Å²) in [5.41, 5.74) is 5.87. The van der Waals surface area contributed by atoms with Gasteiger partial charge < -0.3 is 5.73 Å². The Balaban J connectivity index is 3.66. The maximum atomic E-state index is 8.77. The number of nitrogens with two attached hydrogens (primary N) is 1. The Hall–Kier alpha value is -0.550. The first-order chi connectivity index (χ1) is 7.52. The normalized spacial score (nSPS) is 13.4. The summed E-state index contributed by atoms with van der Waals surface area (Å²) in [7, 11) is 0. The quantitative estimate of drug-likeness (QED) is 0.602. The van der Waals surface area contributed by atoms with Crippen LogP contribution in [0, 0.1) is 17.2 Å². The van der Waals surface area contributed by atoms with Crippen LogP contribution in [0.1, 0.15) is 72.1 Å². The number of rotatable bonds is 9. The van der Waals surface area contributed by atoms with Gasteiger partial charge in [0.15, 0.2) is 0 Å². The third-order valence-corrected chi connectivity index (χ3v) is 3.30. The van der Waals surface area contributed by atoms with Gasteiger partial charge in [0, 0.05) is 12.0 Å². The van der Waals surface area contributed by atoms with Crippen molar-refractivity contribution in [3.05, 3.63) is 0 Å². The van der Waals surface area contributed by atoms with Gasteiger partial charge in [-0.15, -0.1) is 0 Å². The van der Waals surface area contributed by atoms with Gasteiger partial charge in [-0.05, 0) is 26.2 Å². The van der Waals surface area contributed by atoms with Crippen LogP contribution in [-0.2, 0) is 0 Å². The molecule has 0 radical (unpaired) electrons. The summed E-state index contributed by atoms with van der Waals surface area (Å²) >= 11 is 0. The number of unbranched alkanes of at least 4 members (excludes halogenated alkanes) is 5. The third kappa shape index (κ3) is 7.70. The molecule has 0 fully saturated rings. The second kappa shape index (κ2) is 8.58. The first-order valence-corrected chi connectivity index (χ1v) is 6.68. The molecule has 0 aliphatic rings. The van der Waals surface area contributed by atoms with Crippen LogP contribution in [0.15, 0.2) is 0 Å². The van der Waals surface area contributed by atoms with Crippen LogP contribution >= 0.6 is 0 Å². The van der Waals surface area contributed by atoms with Crippen LogP contribution in [-0.4, -0.2) is 5.54 Å². The Kier molecular flexibility index (Phi) is 8.29. The van der Waals surface area contributed by atoms with Gasteiger partial charge in [-0.2, -0.15) is 5.26 Å². The minimum Gasteiger partial charge on any atom is -0.325 e. The molecule has 1 atom stereocenters. The van der Waals surface area contributed by atoms with Crippen LogP contribution in [0.4, 0.5) is 0 Å². The summed E-state index contributed by atoms with van der Waals surface area (Å²) in [4.78, 5) is 0. The lowest BCUT2D eigenvalue weighted by molar-refractivity contribution is 0.296. The molecule has 0 aliphatic carbocycles. The maximum absolute atomic E-state index is 8.77. The molecule has 0 aromatic heterocycles. The van der Waals surface area contributed by atoms with Gasteiger partial charge in [0.25, 0.3) is 0 Å². The lowest BCUT2D eigenvalue weighted by atomic mass is 9.82. The van der Waals surface area contributed by atoms with E-state index in [4.69, 9.17) is 11.0 Å². The predicted molar refractivity (Wildman–Crippen MR) is 70.0 cm³/mol. The highest BCUT2D eigenvalue weighted by Gasteiger charge is 2.24. The minimum absolute atomic E-state index is 0.209. The number of nitriles is 1. The zero-order valence-electron chi connectivity index (χ0n) is 11.3. The predicted octanol–water partition coefficient (Wildman–Crippen LogP) is 4.00. The van der Waals surface area contributed by atoms with Crippen LogP contribution < -0.4 is 5.73 Å². The molecule has 0 aliphatic heterocycles. The molecule has 94 valence electrons. The van der Waals surface area contributed by atoms with Gasteiger partial charge in [0.1, 0.15) is 0 Å². The van der Waals surface area contributed by atoms with Crippen molar-refractivity contribution < 1.29 is 0 Å². The van der Waals surface area contributed by atoms with Crippen molar-refractivity contribution in [2.24, 2.45) is 11.7 Å². The van der Waals surface area contributed by atoms with E-state index in [2.05, 4.69) is 13.0 Å². The molecule has 0 spiro atoms. The van der Waals surface area contributed by atoms with Gasteiger partial charge in [0.2, 0.25) is 0 Å². The fourth-order valence-electron chi connectivity index (χ4n) is 2.02. The second-order valence-electron chi connectivity index (χ2n) is 5.44. The molecule has 0 saturated carbocycles.